The third kappa shape index (κ3) is 1.24. The van der Waals surface area contributed by atoms with Crippen LogP contribution in [-0.2, 0) is 0 Å². The van der Waals surface area contributed by atoms with Crippen molar-refractivity contribution < 1.29 is 5.11 Å². The van der Waals surface area contributed by atoms with E-state index in [4.69, 9.17) is 25.0 Å². The first kappa shape index (κ1) is 9.59. The van der Waals surface area contributed by atoms with Crippen molar-refractivity contribution in [1.29, 1.82) is 0 Å². The van der Waals surface area contributed by atoms with Crippen LogP contribution in [-0.4, -0.2) is 5.11 Å². The van der Waals surface area contributed by atoms with Crippen molar-refractivity contribution in [2.24, 2.45) is 0 Å². The standard InChI is InChI=1S/C12H7NO/c1-4-8-7-9(5-2)11(13)12(14)10(8)6-3/h1-3,7,14H,13H2. The number of terminal acetylenes is 3. The van der Waals surface area contributed by atoms with Gasteiger partial charge in [-0.15, -0.1) is 19.3 Å². The second-order valence-corrected chi connectivity index (χ2v) is 2.54. The van der Waals surface area contributed by atoms with Gasteiger partial charge < -0.3 is 10.8 Å². The van der Waals surface area contributed by atoms with Gasteiger partial charge in [-0.25, -0.2) is 0 Å². The van der Waals surface area contributed by atoms with Crippen LogP contribution in [0.5, 0.6) is 5.75 Å². The molecule has 0 aliphatic rings. The molecule has 0 saturated heterocycles. The van der Waals surface area contributed by atoms with Gasteiger partial charge in [0, 0.05) is 5.56 Å². The fourth-order valence-corrected chi connectivity index (χ4v) is 1.06. The Morgan fingerprint density at radius 1 is 1.07 bits per heavy atom. The monoisotopic (exact) mass is 181 g/mol. The molecule has 0 heterocycles. The Hall–Kier alpha value is -2.50. The zero-order valence-electron chi connectivity index (χ0n) is 7.33. The molecular weight excluding hydrogens is 174 g/mol. The van der Waals surface area contributed by atoms with Crippen LogP contribution in [0, 0.1) is 37.0 Å². The number of rotatable bonds is 0. The highest BCUT2D eigenvalue weighted by Crippen LogP contribution is 2.30. The average Bonchev–Trinajstić information content (AvgIpc) is 2.21. The molecule has 1 aromatic rings. The van der Waals surface area contributed by atoms with E-state index in [9.17, 15) is 5.11 Å². The summed E-state index contributed by atoms with van der Waals surface area (Å²) in [6.07, 6.45) is 15.6. The Balaban J connectivity index is 3.70. The van der Waals surface area contributed by atoms with Crippen LogP contribution in [0.4, 0.5) is 5.69 Å². The Bertz CT molecular complexity index is 507. The molecule has 66 valence electrons. The van der Waals surface area contributed by atoms with E-state index in [0.29, 0.717) is 11.1 Å². The van der Waals surface area contributed by atoms with E-state index in [1.807, 2.05) is 0 Å². The summed E-state index contributed by atoms with van der Waals surface area (Å²) >= 11 is 0. The van der Waals surface area contributed by atoms with E-state index < -0.39 is 0 Å². The van der Waals surface area contributed by atoms with Gasteiger partial charge in [-0.1, -0.05) is 17.8 Å². The van der Waals surface area contributed by atoms with E-state index in [-0.39, 0.29) is 17.0 Å². The average molecular weight is 181 g/mol. The maximum absolute atomic E-state index is 9.56. The smallest absolute Gasteiger partial charge is 0.156 e. The van der Waals surface area contributed by atoms with Crippen molar-refractivity contribution in [3.05, 3.63) is 22.8 Å². The summed E-state index contributed by atoms with van der Waals surface area (Å²) in [4.78, 5) is 0. The van der Waals surface area contributed by atoms with Crippen LogP contribution in [0.15, 0.2) is 6.07 Å². The van der Waals surface area contributed by atoms with Crippen molar-refractivity contribution in [2.75, 3.05) is 5.73 Å². The topological polar surface area (TPSA) is 46.2 Å². The highest BCUT2D eigenvalue weighted by molar-refractivity contribution is 5.73. The summed E-state index contributed by atoms with van der Waals surface area (Å²) in [6.45, 7) is 0. The van der Waals surface area contributed by atoms with Gasteiger partial charge in [-0.3, -0.25) is 0 Å². The number of hydrogen-bond acceptors (Lipinski definition) is 2. The Labute approximate surface area is 82.8 Å². The molecule has 0 aliphatic heterocycles. The number of aromatic hydroxyl groups is 1. The van der Waals surface area contributed by atoms with E-state index in [1.165, 1.54) is 6.07 Å². The maximum Gasteiger partial charge on any atom is 0.156 e. The summed E-state index contributed by atoms with van der Waals surface area (Å²) in [5.41, 5.74) is 6.53. The highest BCUT2D eigenvalue weighted by atomic mass is 16.3. The Morgan fingerprint density at radius 3 is 2.07 bits per heavy atom. The lowest BCUT2D eigenvalue weighted by atomic mass is 10.0. The van der Waals surface area contributed by atoms with Gasteiger partial charge in [0.15, 0.2) is 5.75 Å². The van der Waals surface area contributed by atoms with Crippen molar-refractivity contribution in [2.45, 2.75) is 0 Å². The second-order valence-electron chi connectivity index (χ2n) is 2.54. The molecule has 0 aliphatic carbocycles. The zero-order valence-corrected chi connectivity index (χ0v) is 7.33. The maximum atomic E-state index is 9.56. The molecule has 2 nitrogen and oxygen atoms in total. The van der Waals surface area contributed by atoms with Crippen LogP contribution >= 0.6 is 0 Å². The molecule has 0 aromatic heterocycles. The molecule has 0 radical (unpaired) electrons. The molecular formula is C12H7NO. The fraction of sp³-hybridized carbons (Fsp3) is 0. The van der Waals surface area contributed by atoms with Gasteiger partial charge in [0.1, 0.15) is 0 Å². The minimum absolute atomic E-state index is 0.0828. The number of phenols is 1. The molecule has 0 unspecified atom stereocenters. The highest BCUT2D eigenvalue weighted by Gasteiger charge is 2.11. The molecule has 0 spiro atoms. The normalized spacial score (nSPS) is 8.36. The SMILES string of the molecule is C#Cc1cc(C#C)c(C#C)c(O)c1N. The van der Waals surface area contributed by atoms with E-state index in [2.05, 4.69) is 17.8 Å². The summed E-state index contributed by atoms with van der Waals surface area (Å²) in [5.74, 6) is 6.69. The zero-order chi connectivity index (χ0) is 10.7. The molecule has 0 fully saturated rings. The van der Waals surface area contributed by atoms with Crippen LogP contribution in [0.3, 0.4) is 0 Å². The quantitative estimate of drug-likeness (QED) is 0.355. The number of anilines is 1. The number of nitrogens with two attached hydrogens (primary N) is 1. The third-order valence-electron chi connectivity index (χ3n) is 1.80. The van der Waals surface area contributed by atoms with E-state index in [1.54, 1.807) is 0 Å². The number of hydrogen-bond donors (Lipinski definition) is 2. The van der Waals surface area contributed by atoms with Crippen molar-refractivity contribution in [3.8, 4) is 42.8 Å². The molecule has 3 N–H and O–H groups in total. The lowest BCUT2D eigenvalue weighted by Crippen LogP contribution is -1.96. The van der Waals surface area contributed by atoms with Crippen molar-refractivity contribution >= 4 is 5.69 Å². The molecule has 14 heavy (non-hydrogen) atoms. The lowest BCUT2D eigenvalue weighted by Gasteiger charge is -2.06. The molecule has 0 bridgehead atoms. The molecule has 1 aromatic carbocycles. The van der Waals surface area contributed by atoms with Crippen LogP contribution in [0.25, 0.3) is 0 Å². The number of phenolic OH excluding ortho intramolecular Hbond substituents is 1. The van der Waals surface area contributed by atoms with Crippen LogP contribution in [0.1, 0.15) is 16.7 Å². The Kier molecular flexibility index (Phi) is 2.38. The first-order chi connectivity index (χ1) is 6.65. The predicted octanol–water partition coefficient (Wildman–Crippen LogP) is 0.918. The first-order valence-corrected chi connectivity index (χ1v) is 3.71. The summed E-state index contributed by atoms with van der Waals surface area (Å²) in [7, 11) is 0. The van der Waals surface area contributed by atoms with Crippen LogP contribution in [0.2, 0.25) is 0 Å². The van der Waals surface area contributed by atoms with Gasteiger partial charge >= 0.3 is 0 Å². The van der Waals surface area contributed by atoms with E-state index >= 15 is 0 Å². The van der Waals surface area contributed by atoms with Crippen LogP contribution < -0.4 is 5.73 Å². The fourth-order valence-electron chi connectivity index (χ4n) is 1.06. The summed E-state index contributed by atoms with van der Waals surface area (Å²) in [5, 5.41) is 9.56. The van der Waals surface area contributed by atoms with Gasteiger partial charge in [-0.05, 0) is 6.07 Å². The second kappa shape index (κ2) is 3.48. The molecule has 0 saturated carbocycles. The van der Waals surface area contributed by atoms with Gasteiger partial charge in [0.25, 0.3) is 0 Å². The number of nitrogen functional groups attached to an aromatic ring is 1. The van der Waals surface area contributed by atoms with Crippen molar-refractivity contribution in [3.63, 3.8) is 0 Å². The molecule has 0 amide bonds. The molecule has 0 atom stereocenters. The Morgan fingerprint density at radius 2 is 1.64 bits per heavy atom. The predicted molar refractivity (Wildman–Crippen MR) is 56.3 cm³/mol. The van der Waals surface area contributed by atoms with Gasteiger partial charge in [0.05, 0.1) is 16.8 Å². The van der Waals surface area contributed by atoms with E-state index in [0.717, 1.165) is 0 Å². The summed E-state index contributed by atoms with van der Waals surface area (Å²) < 4.78 is 0. The minimum Gasteiger partial charge on any atom is -0.504 e. The van der Waals surface area contributed by atoms with Gasteiger partial charge in [0.2, 0.25) is 0 Å². The summed E-state index contributed by atoms with van der Waals surface area (Å²) in [6, 6.07) is 1.50. The number of benzene rings is 1. The third-order valence-corrected chi connectivity index (χ3v) is 1.80. The van der Waals surface area contributed by atoms with Gasteiger partial charge in [-0.2, -0.15) is 0 Å². The lowest BCUT2D eigenvalue weighted by molar-refractivity contribution is 0.476. The minimum atomic E-state index is -0.226. The molecule has 1 rings (SSSR count). The largest absolute Gasteiger partial charge is 0.504 e. The van der Waals surface area contributed by atoms with Crippen molar-refractivity contribution in [1.82, 2.24) is 0 Å². The molecule has 2 heteroatoms. The first-order valence-electron chi connectivity index (χ1n) is 3.71.